The molecule has 1 aromatic carbocycles. The molecule has 0 fully saturated rings. The number of benzene rings is 1. The maximum atomic E-state index is 10.9. The van der Waals surface area contributed by atoms with Gasteiger partial charge in [-0.2, -0.15) is 0 Å². The highest BCUT2D eigenvalue weighted by atomic mass is 35.5. The first-order valence-corrected chi connectivity index (χ1v) is 5.02. The predicted molar refractivity (Wildman–Crippen MR) is 59.1 cm³/mol. The number of carbonyl (C=O) groups excluding carboxylic acids is 2. The second-order valence-corrected chi connectivity index (χ2v) is 3.66. The Balaban J connectivity index is 3.20. The van der Waals surface area contributed by atoms with E-state index >= 15 is 0 Å². The van der Waals surface area contributed by atoms with Gasteiger partial charge in [-0.05, 0) is 12.1 Å². The van der Waals surface area contributed by atoms with Gasteiger partial charge in [0.1, 0.15) is 5.02 Å². The summed E-state index contributed by atoms with van der Waals surface area (Å²) < 4.78 is 9.65. The van der Waals surface area contributed by atoms with Gasteiger partial charge in [0.05, 0.1) is 5.02 Å². The summed E-state index contributed by atoms with van der Waals surface area (Å²) in [5, 5.41) is 0.226. The number of hydrogen-bond acceptors (Lipinski definition) is 4. The molecule has 0 bridgehead atoms. The van der Waals surface area contributed by atoms with Crippen LogP contribution in [0.3, 0.4) is 0 Å². The molecule has 0 aliphatic rings. The number of carbonyl (C=O) groups is 2. The Morgan fingerprint density at radius 1 is 1.06 bits per heavy atom. The summed E-state index contributed by atoms with van der Waals surface area (Å²) in [6.45, 7) is 2.43. The fraction of sp³-hybridized carbons (Fsp3) is 0.200. The first-order chi connectivity index (χ1) is 7.41. The van der Waals surface area contributed by atoms with Gasteiger partial charge in [-0.3, -0.25) is 9.59 Å². The highest BCUT2D eigenvalue weighted by Crippen LogP contribution is 2.40. The van der Waals surface area contributed by atoms with Crippen LogP contribution in [0.25, 0.3) is 0 Å². The molecule has 0 aliphatic heterocycles. The molecule has 0 spiro atoms. The van der Waals surface area contributed by atoms with E-state index in [1.54, 1.807) is 0 Å². The Morgan fingerprint density at radius 2 is 1.62 bits per heavy atom. The molecule has 0 aromatic heterocycles. The lowest BCUT2D eigenvalue weighted by atomic mass is 10.3. The molecule has 0 saturated carbocycles. The first-order valence-electron chi connectivity index (χ1n) is 4.26. The molecule has 6 heteroatoms. The molecule has 16 heavy (non-hydrogen) atoms. The Morgan fingerprint density at radius 3 is 2.12 bits per heavy atom. The number of halogens is 2. The zero-order chi connectivity index (χ0) is 12.3. The largest absolute Gasteiger partial charge is 0.423 e. The molecule has 86 valence electrons. The number of rotatable bonds is 2. The second-order valence-electron chi connectivity index (χ2n) is 2.88. The van der Waals surface area contributed by atoms with Gasteiger partial charge < -0.3 is 9.47 Å². The summed E-state index contributed by atoms with van der Waals surface area (Å²) in [5.41, 5.74) is 0. The zero-order valence-corrected chi connectivity index (χ0v) is 10.1. The topological polar surface area (TPSA) is 52.6 Å². The Bertz CT molecular complexity index is 443. The lowest BCUT2D eigenvalue weighted by molar-refractivity contribution is -0.134. The number of hydrogen-bond donors (Lipinski definition) is 0. The molecule has 0 aliphatic carbocycles. The summed E-state index contributed by atoms with van der Waals surface area (Å²) >= 11 is 11.6. The van der Waals surface area contributed by atoms with Crippen molar-refractivity contribution in [2.75, 3.05) is 0 Å². The van der Waals surface area contributed by atoms with E-state index in [4.69, 9.17) is 32.7 Å². The van der Waals surface area contributed by atoms with Crippen molar-refractivity contribution in [2.45, 2.75) is 13.8 Å². The molecule has 1 rings (SSSR count). The van der Waals surface area contributed by atoms with Crippen LogP contribution in [-0.4, -0.2) is 11.9 Å². The van der Waals surface area contributed by atoms with E-state index in [0.29, 0.717) is 0 Å². The van der Waals surface area contributed by atoms with Gasteiger partial charge >= 0.3 is 11.9 Å². The highest BCUT2D eigenvalue weighted by Gasteiger charge is 2.16. The van der Waals surface area contributed by atoms with E-state index in [9.17, 15) is 9.59 Å². The lowest BCUT2D eigenvalue weighted by Gasteiger charge is -2.10. The minimum absolute atomic E-state index is 0.0237. The average molecular weight is 263 g/mol. The second kappa shape index (κ2) is 5.18. The summed E-state index contributed by atoms with van der Waals surface area (Å²) in [6, 6.07) is 2.84. The normalized spacial score (nSPS) is 9.75. The lowest BCUT2D eigenvalue weighted by Crippen LogP contribution is -2.07. The number of esters is 2. The molecule has 0 unspecified atom stereocenters. The van der Waals surface area contributed by atoms with E-state index in [2.05, 4.69) is 0 Å². The molecule has 0 radical (unpaired) electrons. The summed E-state index contributed by atoms with van der Waals surface area (Å²) in [7, 11) is 0. The van der Waals surface area contributed by atoms with Crippen LogP contribution in [0.2, 0.25) is 10.0 Å². The van der Waals surface area contributed by atoms with Crippen LogP contribution < -0.4 is 9.47 Å². The SMILES string of the molecule is CC(=O)Oc1ccc(Cl)c(Cl)c1OC(C)=O. The van der Waals surface area contributed by atoms with Gasteiger partial charge in [0.15, 0.2) is 11.5 Å². The Hall–Kier alpha value is -1.26. The summed E-state index contributed by atoms with van der Waals surface area (Å²) in [4.78, 5) is 21.7. The number of ether oxygens (including phenoxy) is 2. The monoisotopic (exact) mass is 262 g/mol. The molecule has 4 nitrogen and oxygen atoms in total. The molecule has 0 heterocycles. The first kappa shape index (κ1) is 12.8. The van der Waals surface area contributed by atoms with Crippen molar-refractivity contribution in [2.24, 2.45) is 0 Å². The van der Waals surface area contributed by atoms with Crippen LogP contribution in [0.5, 0.6) is 11.5 Å². The average Bonchev–Trinajstić information content (AvgIpc) is 2.16. The van der Waals surface area contributed by atoms with Crippen molar-refractivity contribution in [1.82, 2.24) is 0 Å². The molecule has 0 amide bonds. The standard InChI is InChI=1S/C10H8Cl2O4/c1-5(13)15-8-4-3-7(11)9(12)10(8)16-6(2)14/h3-4H,1-2H3. The molecule has 0 saturated heterocycles. The Kier molecular flexibility index (Phi) is 4.15. The summed E-state index contributed by atoms with van der Waals surface area (Å²) in [5.74, 6) is -1.14. The maximum absolute atomic E-state index is 10.9. The van der Waals surface area contributed by atoms with Gasteiger partial charge in [-0.15, -0.1) is 0 Å². The van der Waals surface area contributed by atoms with E-state index < -0.39 is 11.9 Å². The third-order valence-electron chi connectivity index (χ3n) is 1.51. The molecular weight excluding hydrogens is 255 g/mol. The van der Waals surface area contributed by atoms with Gasteiger partial charge in [0.25, 0.3) is 0 Å². The minimum Gasteiger partial charge on any atom is -0.423 e. The van der Waals surface area contributed by atoms with Crippen molar-refractivity contribution in [3.05, 3.63) is 22.2 Å². The fourth-order valence-corrected chi connectivity index (χ4v) is 1.33. The zero-order valence-electron chi connectivity index (χ0n) is 8.54. The molecule has 1 aromatic rings. The van der Waals surface area contributed by atoms with Gasteiger partial charge in [0.2, 0.25) is 0 Å². The van der Waals surface area contributed by atoms with Crippen molar-refractivity contribution in [3.63, 3.8) is 0 Å². The molecule has 0 atom stereocenters. The van der Waals surface area contributed by atoms with Crippen LogP contribution >= 0.6 is 23.2 Å². The summed E-state index contributed by atoms with van der Waals surface area (Å²) in [6.07, 6.45) is 0. The van der Waals surface area contributed by atoms with Crippen LogP contribution in [-0.2, 0) is 9.59 Å². The van der Waals surface area contributed by atoms with Gasteiger partial charge in [-0.1, -0.05) is 23.2 Å². The van der Waals surface area contributed by atoms with E-state index in [1.807, 2.05) is 0 Å². The molecule has 0 N–H and O–H groups in total. The van der Waals surface area contributed by atoms with Crippen molar-refractivity contribution < 1.29 is 19.1 Å². The smallest absolute Gasteiger partial charge is 0.308 e. The van der Waals surface area contributed by atoms with Crippen LogP contribution in [0.1, 0.15) is 13.8 Å². The quantitative estimate of drug-likeness (QED) is 0.608. The highest BCUT2D eigenvalue weighted by molar-refractivity contribution is 6.43. The van der Waals surface area contributed by atoms with Crippen LogP contribution in [0.4, 0.5) is 0 Å². The minimum atomic E-state index is -0.586. The van der Waals surface area contributed by atoms with Crippen molar-refractivity contribution in [1.29, 1.82) is 0 Å². The van der Waals surface area contributed by atoms with Crippen molar-refractivity contribution >= 4 is 35.1 Å². The van der Waals surface area contributed by atoms with Gasteiger partial charge in [0, 0.05) is 13.8 Å². The van der Waals surface area contributed by atoms with Crippen molar-refractivity contribution in [3.8, 4) is 11.5 Å². The van der Waals surface area contributed by atoms with Gasteiger partial charge in [-0.25, -0.2) is 0 Å². The van der Waals surface area contributed by atoms with E-state index in [0.717, 1.165) is 0 Å². The third-order valence-corrected chi connectivity index (χ3v) is 2.30. The maximum Gasteiger partial charge on any atom is 0.308 e. The fourth-order valence-electron chi connectivity index (χ4n) is 0.988. The van der Waals surface area contributed by atoms with E-state index in [1.165, 1.54) is 26.0 Å². The Labute approximate surface area is 102 Å². The van der Waals surface area contributed by atoms with Crippen LogP contribution in [0.15, 0.2) is 12.1 Å². The third kappa shape index (κ3) is 3.12. The van der Waals surface area contributed by atoms with E-state index in [-0.39, 0.29) is 21.5 Å². The van der Waals surface area contributed by atoms with Crippen LogP contribution in [0, 0.1) is 0 Å². The predicted octanol–water partition coefficient (Wildman–Crippen LogP) is 2.84. The molecular formula is C10H8Cl2O4.